The molecule has 0 heterocycles. The van der Waals surface area contributed by atoms with E-state index in [1.807, 2.05) is 56.3 Å². The van der Waals surface area contributed by atoms with E-state index in [1.165, 1.54) is 6.92 Å². The van der Waals surface area contributed by atoms with Crippen LogP contribution in [0.25, 0.3) is 10.8 Å². The average molecular weight is 370 g/mol. The third kappa shape index (κ3) is 6.09. The SMILES string of the molecule is CC(=O)N[C@@H](CC(C)C)C(=O)N[C@H](Cc1ccc2ccccc2c1)C(=O)O. The van der Waals surface area contributed by atoms with Gasteiger partial charge in [-0.25, -0.2) is 4.79 Å². The van der Waals surface area contributed by atoms with Crippen LogP contribution in [0.1, 0.15) is 32.8 Å². The molecule has 144 valence electrons. The summed E-state index contributed by atoms with van der Waals surface area (Å²) in [5, 5.41) is 16.8. The van der Waals surface area contributed by atoms with Crippen LogP contribution in [0.2, 0.25) is 0 Å². The summed E-state index contributed by atoms with van der Waals surface area (Å²) in [6, 6.07) is 11.7. The van der Waals surface area contributed by atoms with Crippen molar-refractivity contribution in [3.8, 4) is 0 Å². The number of carboxylic acids is 1. The first-order chi connectivity index (χ1) is 12.8. The monoisotopic (exact) mass is 370 g/mol. The van der Waals surface area contributed by atoms with Gasteiger partial charge in [0.15, 0.2) is 0 Å². The van der Waals surface area contributed by atoms with Gasteiger partial charge in [-0.15, -0.1) is 0 Å². The van der Waals surface area contributed by atoms with Gasteiger partial charge in [0.1, 0.15) is 12.1 Å². The molecule has 2 aromatic rings. The lowest BCUT2D eigenvalue weighted by Crippen LogP contribution is -2.52. The highest BCUT2D eigenvalue weighted by Gasteiger charge is 2.26. The molecule has 0 aromatic heterocycles. The molecule has 0 radical (unpaired) electrons. The highest BCUT2D eigenvalue weighted by molar-refractivity contribution is 5.90. The van der Waals surface area contributed by atoms with Crippen molar-refractivity contribution in [2.45, 2.75) is 45.7 Å². The zero-order chi connectivity index (χ0) is 20.0. The maximum atomic E-state index is 12.5. The number of benzene rings is 2. The largest absolute Gasteiger partial charge is 0.480 e. The molecule has 2 amide bonds. The summed E-state index contributed by atoms with van der Waals surface area (Å²) in [7, 11) is 0. The van der Waals surface area contributed by atoms with Crippen molar-refractivity contribution in [2.75, 3.05) is 0 Å². The molecule has 2 rings (SSSR count). The van der Waals surface area contributed by atoms with Gasteiger partial charge in [0.25, 0.3) is 0 Å². The Labute approximate surface area is 159 Å². The summed E-state index contributed by atoms with van der Waals surface area (Å²) in [4.78, 5) is 35.6. The lowest BCUT2D eigenvalue weighted by atomic mass is 10.00. The van der Waals surface area contributed by atoms with Crippen molar-refractivity contribution >= 4 is 28.6 Å². The first-order valence-electron chi connectivity index (χ1n) is 9.04. The summed E-state index contributed by atoms with van der Waals surface area (Å²) in [6.45, 7) is 5.21. The number of amides is 2. The van der Waals surface area contributed by atoms with E-state index in [9.17, 15) is 19.5 Å². The number of nitrogens with one attached hydrogen (secondary N) is 2. The second-order valence-corrected chi connectivity index (χ2v) is 7.17. The van der Waals surface area contributed by atoms with Crippen molar-refractivity contribution in [3.63, 3.8) is 0 Å². The lowest BCUT2D eigenvalue weighted by Gasteiger charge is -2.22. The van der Waals surface area contributed by atoms with Gasteiger partial charge in [-0.1, -0.05) is 56.3 Å². The minimum Gasteiger partial charge on any atom is -0.480 e. The first kappa shape index (κ1) is 20.4. The number of hydrogen-bond donors (Lipinski definition) is 3. The summed E-state index contributed by atoms with van der Waals surface area (Å²) in [5.41, 5.74) is 0.821. The summed E-state index contributed by atoms with van der Waals surface area (Å²) in [5.74, 6) is -1.73. The Morgan fingerprint density at radius 3 is 2.22 bits per heavy atom. The minimum atomic E-state index is -1.11. The van der Waals surface area contributed by atoms with Crippen molar-refractivity contribution in [2.24, 2.45) is 5.92 Å². The second kappa shape index (κ2) is 9.16. The minimum absolute atomic E-state index is 0.167. The van der Waals surface area contributed by atoms with E-state index in [4.69, 9.17) is 0 Å². The number of carbonyl (C=O) groups excluding carboxylic acids is 2. The first-order valence-corrected chi connectivity index (χ1v) is 9.04. The number of hydrogen-bond acceptors (Lipinski definition) is 3. The fraction of sp³-hybridized carbons (Fsp3) is 0.381. The predicted molar refractivity (Wildman–Crippen MR) is 104 cm³/mol. The molecule has 0 spiro atoms. The van der Waals surface area contributed by atoms with Gasteiger partial charge in [-0.2, -0.15) is 0 Å². The summed E-state index contributed by atoms with van der Waals surface area (Å²) >= 11 is 0. The molecule has 0 fully saturated rings. The molecule has 0 aliphatic carbocycles. The molecular weight excluding hydrogens is 344 g/mol. The molecule has 3 N–H and O–H groups in total. The molecule has 2 aromatic carbocycles. The van der Waals surface area contributed by atoms with Crippen LogP contribution in [0.3, 0.4) is 0 Å². The number of carboxylic acid groups (broad SMARTS) is 1. The molecule has 0 saturated carbocycles. The van der Waals surface area contributed by atoms with Crippen molar-refractivity contribution in [3.05, 3.63) is 48.0 Å². The second-order valence-electron chi connectivity index (χ2n) is 7.17. The number of aliphatic carboxylic acids is 1. The van der Waals surface area contributed by atoms with E-state index in [2.05, 4.69) is 10.6 Å². The van der Waals surface area contributed by atoms with Gasteiger partial charge in [0, 0.05) is 13.3 Å². The van der Waals surface area contributed by atoms with Crippen molar-refractivity contribution in [1.29, 1.82) is 0 Å². The van der Waals surface area contributed by atoms with Crippen LogP contribution in [0.5, 0.6) is 0 Å². The van der Waals surface area contributed by atoms with Crippen molar-refractivity contribution < 1.29 is 19.5 Å². The third-order valence-electron chi connectivity index (χ3n) is 4.27. The zero-order valence-corrected chi connectivity index (χ0v) is 15.9. The molecule has 27 heavy (non-hydrogen) atoms. The molecule has 0 bridgehead atoms. The smallest absolute Gasteiger partial charge is 0.326 e. The molecule has 2 atom stereocenters. The van der Waals surface area contributed by atoms with Crippen LogP contribution in [-0.4, -0.2) is 35.0 Å². The van der Waals surface area contributed by atoms with Crippen LogP contribution in [-0.2, 0) is 20.8 Å². The Morgan fingerprint density at radius 1 is 0.963 bits per heavy atom. The summed E-state index contributed by atoms with van der Waals surface area (Å²) < 4.78 is 0. The molecule has 0 aliphatic heterocycles. The van der Waals surface area contributed by atoms with Crippen molar-refractivity contribution in [1.82, 2.24) is 10.6 Å². The Morgan fingerprint density at radius 2 is 1.63 bits per heavy atom. The Bertz CT molecular complexity index is 832. The van der Waals surface area contributed by atoms with Crippen LogP contribution in [0, 0.1) is 5.92 Å². The Balaban J connectivity index is 2.14. The van der Waals surface area contributed by atoms with E-state index in [-0.39, 0.29) is 18.2 Å². The van der Waals surface area contributed by atoms with E-state index in [0.29, 0.717) is 6.42 Å². The van der Waals surface area contributed by atoms with Crippen LogP contribution < -0.4 is 10.6 Å². The average Bonchev–Trinajstić information content (AvgIpc) is 2.59. The standard InChI is InChI=1S/C21H26N2O4/c1-13(2)10-18(22-14(3)24)20(25)23-19(21(26)27)12-15-8-9-16-6-4-5-7-17(16)11-15/h4-9,11,13,18-19H,10,12H2,1-3H3,(H,22,24)(H,23,25)(H,26,27)/t18-,19+/m0/s1. The van der Waals surface area contributed by atoms with Crippen LogP contribution in [0.15, 0.2) is 42.5 Å². The van der Waals surface area contributed by atoms with E-state index >= 15 is 0 Å². The number of rotatable bonds is 8. The van der Waals surface area contributed by atoms with E-state index in [0.717, 1.165) is 16.3 Å². The van der Waals surface area contributed by atoms with Gasteiger partial charge in [-0.05, 0) is 28.7 Å². The normalized spacial score (nSPS) is 13.2. The Hall–Kier alpha value is -2.89. The fourth-order valence-electron chi connectivity index (χ4n) is 3.02. The lowest BCUT2D eigenvalue weighted by molar-refractivity contribution is -0.142. The topological polar surface area (TPSA) is 95.5 Å². The maximum absolute atomic E-state index is 12.5. The number of carbonyl (C=O) groups is 3. The highest BCUT2D eigenvalue weighted by atomic mass is 16.4. The third-order valence-corrected chi connectivity index (χ3v) is 4.27. The van der Waals surface area contributed by atoms with Gasteiger partial charge in [0.05, 0.1) is 0 Å². The number of fused-ring (bicyclic) bond motifs is 1. The van der Waals surface area contributed by atoms with E-state index in [1.54, 1.807) is 0 Å². The summed E-state index contributed by atoms with van der Waals surface area (Å²) in [6.07, 6.45) is 0.605. The molecule has 0 unspecified atom stereocenters. The van der Waals surface area contributed by atoms with Gasteiger partial charge >= 0.3 is 5.97 Å². The molecule has 0 aliphatic rings. The van der Waals surface area contributed by atoms with Crippen LogP contribution in [0.4, 0.5) is 0 Å². The van der Waals surface area contributed by atoms with Crippen LogP contribution >= 0.6 is 0 Å². The quantitative estimate of drug-likeness (QED) is 0.665. The van der Waals surface area contributed by atoms with Gasteiger partial charge in [-0.3, -0.25) is 9.59 Å². The maximum Gasteiger partial charge on any atom is 0.326 e. The zero-order valence-electron chi connectivity index (χ0n) is 15.9. The molecule has 6 nitrogen and oxygen atoms in total. The molecule has 6 heteroatoms. The van der Waals surface area contributed by atoms with E-state index < -0.39 is 24.0 Å². The predicted octanol–water partition coefficient (Wildman–Crippen LogP) is 2.50. The Kier molecular flexibility index (Phi) is 6.93. The van der Waals surface area contributed by atoms with Gasteiger partial charge < -0.3 is 15.7 Å². The van der Waals surface area contributed by atoms with Gasteiger partial charge in [0.2, 0.25) is 11.8 Å². The molecule has 0 saturated heterocycles. The molecular formula is C21H26N2O4. The fourth-order valence-corrected chi connectivity index (χ4v) is 3.02. The highest BCUT2D eigenvalue weighted by Crippen LogP contribution is 2.17.